The molecule has 0 aliphatic rings. The summed E-state index contributed by atoms with van der Waals surface area (Å²) in [5, 5.41) is 7.28. The molecule has 0 saturated carbocycles. The highest BCUT2D eigenvalue weighted by atomic mass is 32.1. The van der Waals surface area contributed by atoms with Gasteiger partial charge in [-0.1, -0.05) is 32.0 Å². The van der Waals surface area contributed by atoms with Crippen molar-refractivity contribution in [2.24, 2.45) is 0 Å². The van der Waals surface area contributed by atoms with Gasteiger partial charge >= 0.3 is 0 Å². The number of pyridine rings is 1. The number of anilines is 1. The van der Waals surface area contributed by atoms with Crippen LogP contribution in [0.15, 0.2) is 35.7 Å². The summed E-state index contributed by atoms with van der Waals surface area (Å²) in [4.78, 5) is 9.38. The monoisotopic (exact) mass is 283 g/mol. The van der Waals surface area contributed by atoms with Gasteiger partial charge in [0.2, 0.25) is 0 Å². The topological polar surface area (TPSA) is 37.8 Å². The fourth-order valence-electron chi connectivity index (χ4n) is 2.22. The Hall–Kier alpha value is -1.94. The van der Waals surface area contributed by atoms with E-state index in [-0.39, 0.29) is 0 Å². The van der Waals surface area contributed by atoms with Gasteiger partial charge in [-0.25, -0.2) is 4.98 Å². The second-order valence-electron chi connectivity index (χ2n) is 5.05. The van der Waals surface area contributed by atoms with Crippen LogP contribution in [-0.2, 0) is 0 Å². The van der Waals surface area contributed by atoms with Gasteiger partial charge in [0.15, 0.2) is 5.13 Å². The maximum absolute atomic E-state index is 4.75. The summed E-state index contributed by atoms with van der Waals surface area (Å²) in [5.41, 5.74) is 4.32. The third-order valence-electron chi connectivity index (χ3n) is 3.32. The number of nitrogens with zero attached hydrogens (tertiary/aromatic N) is 2. The molecule has 2 heterocycles. The van der Waals surface area contributed by atoms with E-state index in [1.165, 1.54) is 0 Å². The van der Waals surface area contributed by atoms with Crippen LogP contribution in [0.5, 0.6) is 0 Å². The molecule has 0 fully saturated rings. The van der Waals surface area contributed by atoms with E-state index in [0.717, 1.165) is 33.0 Å². The van der Waals surface area contributed by atoms with Gasteiger partial charge in [-0.05, 0) is 18.1 Å². The molecule has 4 heteroatoms. The lowest BCUT2D eigenvalue weighted by Gasteiger charge is -2.10. The van der Waals surface area contributed by atoms with E-state index in [4.69, 9.17) is 4.98 Å². The number of fused-ring (bicyclic) bond motifs is 1. The summed E-state index contributed by atoms with van der Waals surface area (Å²) in [6, 6.07) is 10.4. The van der Waals surface area contributed by atoms with Crippen LogP contribution in [0.2, 0.25) is 0 Å². The van der Waals surface area contributed by atoms with Crippen LogP contribution in [0.1, 0.15) is 25.5 Å². The van der Waals surface area contributed by atoms with Crippen molar-refractivity contribution in [3.8, 4) is 11.3 Å². The Morgan fingerprint density at radius 1 is 1.15 bits per heavy atom. The van der Waals surface area contributed by atoms with Crippen molar-refractivity contribution in [2.75, 3.05) is 12.4 Å². The maximum Gasteiger partial charge on any atom is 0.182 e. The summed E-state index contributed by atoms with van der Waals surface area (Å²) in [5.74, 6) is 0.403. The highest BCUT2D eigenvalue weighted by Gasteiger charge is 2.12. The first-order valence-corrected chi connectivity index (χ1v) is 7.60. The van der Waals surface area contributed by atoms with E-state index >= 15 is 0 Å². The molecular formula is C16H17N3S. The standard InChI is InChI=1S/C16H17N3S/c1-10(2)14-8-12(15-9-20-16(17-3)19-15)11-6-4-5-7-13(11)18-14/h4-10H,1-3H3,(H,17,19). The lowest BCUT2D eigenvalue weighted by molar-refractivity contribution is 0.830. The highest BCUT2D eigenvalue weighted by Crippen LogP contribution is 2.32. The van der Waals surface area contributed by atoms with Gasteiger partial charge in [0.25, 0.3) is 0 Å². The van der Waals surface area contributed by atoms with Crippen molar-refractivity contribution in [2.45, 2.75) is 19.8 Å². The largest absolute Gasteiger partial charge is 0.365 e. The van der Waals surface area contributed by atoms with Crippen LogP contribution in [0.3, 0.4) is 0 Å². The fourth-order valence-corrected chi connectivity index (χ4v) is 2.89. The SMILES string of the molecule is CNc1nc(-c2cc(C(C)C)nc3ccccc23)cs1. The molecule has 0 aliphatic carbocycles. The second kappa shape index (κ2) is 5.21. The molecular weight excluding hydrogens is 266 g/mol. The quantitative estimate of drug-likeness (QED) is 0.767. The summed E-state index contributed by atoms with van der Waals surface area (Å²) < 4.78 is 0. The maximum atomic E-state index is 4.75. The summed E-state index contributed by atoms with van der Waals surface area (Å²) in [6.07, 6.45) is 0. The highest BCUT2D eigenvalue weighted by molar-refractivity contribution is 7.14. The molecule has 0 atom stereocenters. The average Bonchev–Trinajstić information content (AvgIpc) is 2.94. The minimum atomic E-state index is 0.403. The van der Waals surface area contributed by atoms with Gasteiger partial charge < -0.3 is 5.32 Å². The first-order valence-electron chi connectivity index (χ1n) is 6.72. The minimum Gasteiger partial charge on any atom is -0.365 e. The molecule has 1 N–H and O–H groups in total. The Bertz CT molecular complexity index is 746. The van der Waals surface area contributed by atoms with Crippen LogP contribution in [0.25, 0.3) is 22.2 Å². The molecule has 20 heavy (non-hydrogen) atoms. The van der Waals surface area contributed by atoms with E-state index in [0.29, 0.717) is 5.92 Å². The number of hydrogen-bond donors (Lipinski definition) is 1. The molecule has 0 unspecified atom stereocenters. The number of hydrogen-bond acceptors (Lipinski definition) is 4. The Kier molecular flexibility index (Phi) is 3.40. The van der Waals surface area contributed by atoms with Crippen LogP contribution < -0.4 is 5.32 Å². The third kappa shape index (κ3) is 2.27. The zero-order valence-corrected chi connectivity index (χ0v) is 12.7. The van der Waals surface area contributed by atoms with Crippen molar-refractivity contribution < 1.29 is 0 Å². The number of thiazole rings is 1. The smallest absolute Gasteiger partial charge is 0.182 e. The number of nitrogens with one attached hydrogen (secondary N) is 1. The Morgan fingerprint density at radius 2 is 1.95 bits per heavy atom. The van der Waals surface area contributed by atoms with Gasteiger partial charge in [0.1, 0.15) is 0 Å². The minimum absolute atomic E-state index is 0.403. The molecule has 0 spiro atoms. The van der Waals surface area contributed by atoms with Crippen molar-refractivity contribution in [3.05, 3.63) is 41.4 Å². The van der Waals surface area contributed by atoms with Gasteiger partial charge in [-0.15, -0.1) is 11.3 Å². The molecule has 0 radical (unpaired) electrons. The van der Waals surface area contributed by atoms with Crippen molar-refractivity contribution in [1.82, 2.24) is 9.97 Å². The van der Waals surface area contributed by atoms with Crippen LogP contribution in [-0.4, -0.2) is 17.0 Å². The van der Waals surface area contributed by atoms with Crippen LogP contribution in [0, 0.1) is 0 Å². The van der Waals surface area contributed by atoms with Crippen LogP contribution in [0.4, 0.5) is 5.13 Å². The molecule has 0 aliphatic heterocycles. The van der Waals surface area contributed by atoms with Crippen LogP contribution >= 0.6 is 11.3 Å². The van der Waals surface area contributed by atoms with E-state index in [1.54, 1.807) is 11.3 Å². The van der Waals surface area contributed by atoms with E-state index < -0.39 is 0 Å². The molecule has 0 bridgehead atoms. The summed E-state index contributed by atoms with van der Waals surface area (Å²) in [6.45, 7) is 4.34. The molecule has 1 aromatic carbocycles. The molecule has 3 rings (SSSR count). The van der Waals surface area contributed by atoms with Gasteiger partial charge in [-0.3, -0.25) is 4.98 Å². The van der Waals surface area contributed by atoms with Gasteiger partial charge in [0, 0.05) is 29.1 Å². The lowest BCUT2D eigenvalue weighted by Crippen LogP contribution is -1.95. The number of rotatable bonds is 3. The lowest BCUT2D eigenvalue weighted by atomic mass is 10.0. The Balaban J connectivity index is 2.26. The van der Waals surface area contributed by atoms with Crippen molar-refractivity contribution in [3.63, 3.8) is 0 Å². The first kappa shape index (κ1) is 13.1. The summed E-state index contributed by atoms with van der Waals surface area (Å²) >= 11 is 1.62. The number of para-hydroxylation sites is 1. The predicted octanol–water partition coefficient (Wildman–Crippen LogP) is 4.52. The molecule has 3 aromatic rings. The van der Waals surface area contributed by atoms with Crippen molar-refractivity contribution in [1.29, 1.82) is 0 Å². The Morgan fingerprint density at radius 3 is 2.65 bits per heavy atom. The molecule has 3 nitrogen and oxygen atoms in total. The second-order valence-corrected chi connectivity index (χ2v) is 5.91. The Labute approximate surface area is 122 Å². The van der Waals surface area contributed by atoms with Gasteiger partial charge in [0.05, 0.1) is 11.2 Å². The third-order valence-corrected chi connectivity index (χ3v) is 4.18. The molecule has 0 saturated heterocycles. The zero-order valence-electron chi connectivity index (χ0n) is 11.8. The number of aromatic nitrogens is 2. The molecule has 0 amide bonds. The first-order chi connectivity index (χ1) is 9.69. The normalized spacial score (nSPS) is 11.2. The fraction of sp³-hybridized carbons (Fsp3) is 0.250. The molecule has 2 aromatic heterocycles. The summed E-state index contributed by atoms with van der Waals surface area (Å²) in [7, 11) is 1.90. The zero-order chi connectivity index (χ0) is 14.1. The predicted molar refractivity (Wildman–Crippen MR) is 86.5 cm³/mol. The van der Waals surface area contributed by atoms with Gasteiger partial charge in [-0.2, -0.15) is 0 Å². The average molecular weight is 283 g/mol. The van der Waals surface area contributed by atoms with E-state index in [1.807, 2.05) is 19.2 Å². The van der Waals surface area contributed by atoms with E-state index in [2.05, 4.69) is 47.7 Å². The van der Waals surface area contributed by atoms with Crippen molar-refractivity contribution >= 4 is 27.4 Å². The number of benzene rings is 1. The molecule has 102 valence electrons. The van der Waals surface area contributed by atoms with E-state index in [9.17, 15) is 0 Å².